The number of ether oxygens (including phenoxy) is 1. The molecule has 0 spiro atoms. The topological polar surface area (TPSA) is 76.2 Å². The summed E-state index contributed by atoms with van der Waals surface area (Å²) in [4.78, 5) is 25.7. The molecule has 0 saturated carbocycles. The van der Waals surface area contributed by atoms with Gasteiger partial charge in [0.2, 0.25) is 0 Å². The number of halogens is 1. The van der Waals surface area contributed by atoms with Crippen LogP contribution in [0.1, 0.15) is 28.7 Å². The van der Waals surface area contributed by atoms with E-state index in [4.69, 9.17) is 16.3 Å². The molecule has 0 aliphatic carbocycles. The summed E-state index contributed by atoms with van der Waals surface area (Å²) >= 11 is 5.41. The zero-order valence-corrected chi connectivity index (χ0v) is 11.9. The molecule has 0 radical (unpaired) electrons. The number of esters is 1. The zero-order chi connectivity index (χ0) is 13.9. The first-order valence-corrected chi connectivity index (χ1v) is 7.22. The smallest absolute Gasteiger partial charge is 0.311 e. The lowest BCUT2D eigenvalue weighted by Gasteiger charge is -2.01. The lowest BCUT2D eigenvalue weighted by Crippen LogP contribution is -2.08. The van der Waals surface area contributed by atoms with Crippen LogP contribution in [0.15, 0.2) is 4.90 Å². The SMILES string of the molecule is CCOC(=O)Cc1[nH]c(C(=O)Cl)c(S(C)=O)c1C. The molecule has 7 heteroatoms. The van der Waals surface area contributed by atoms with Crippen LogP contribution in [0.5, 0.6) is 0 Å². The second-order valence-corrected chi connectivity index (χ2v) is 5.30. The third kappa shape index (κ3) is 3.20. The van der Waals surface area contributed by atoms with Crippen molar-refractivity contribution in [2.75, 3.05) is 12.9 Å². The molecule has 1 aromatic rings. The van der Waals surface area contributed by atoms with Gasteiger partial charge in [-0.15, -0.1) is 0 Å². The molecular weight excluding hydrogens is 278 g/mol. The summed E-state index contributed by atoms with van der Waals surface area (Å²) in [6.45, 7) is 3.68. The van der Waals surface area contributed by atoms with Crippen molar-refractivity contribution >= 4 is 33.6 Å². The van der Waals surface area contributed by atoms with E-state index in [0.29, 0.717) is 16.2 Å². The fourth-order valence-corrected chi connectivity index (χ4v) is 2.84. The maximum atomic E-state index is 11.6. The van der Waals surface area contributed by atoms with Gasteiger partial charge in [-0.3, -0.25) is 13.8 Å². The van der Waals surface area contributed by atoms with Crippen LogP contribution in [0, 0.1) is 6.92 Å². The number of H-pyrrole nitrogens is 1. The molecule has 5 nitrogen and oxygen atoms in total. The van der Waals surface area contributed by atoms with Crippen molar-refractivity contribution in [2.24, 2.45) is 0 Å². The Balaban J connectivity index is 3.15. The number of aromatic amines is 1. The highest BCUT2D eigenvalue weighted by atomic mass is 35.5. The molecule has 0 saturated heterocycles. The third-order valence-electron chi connectivity index (χ3n) is 2.41. The Kier molecular flexibility index (Phi) is 5.10. The molecule has 1 atom stereocenters. The summed E-state index contributed by atoms with van der Waals surface area (Å²) in [7, 11) is -1.36. The van der Waals surface area contributed by atoms with Crippen molar-refractivity contribution in [2.45, 2.75) is 25.2 Å². The van der Waals surface area contributed by atoms with Gasteiger partial charge in [0.05, 0.1) is 28.7 Å². The van der Waals surface area contributed by atoms with Crippen LogP contribution in [0.25, 0.3) is 0 Å². The highest BCUT2D eigenvalue weighted by Crippen LogP contribution is 2.23. The molecule has 1 heterocycles. The van der Waals surface area contributed by atoms with Crippen molar-refractivity contribution in [3.8, 4) is 0 Å². The quantitative estimate of drug-likeness (QED) is 0.659. The van der Waals surface area contributed by atoms with Gasteiger partial charge in [-0.05, 0) is 31.0 Å². The molecule has 100 valence electrons. The Morgan fingerprint density at radius 1 is 1.44 bits per heavy atom. The average Bonchev–Trinajstić information content (AvgIpc) is 2.56. The lowest BCUT2D eigenvalue weighted by atomic mass is 10.2. The Morgan fingerprint density at radius 3 is 2.44 bits per heavy atom. The Labute approximate surface area is 112 Å². The first-order chi connectivity index (χ1) is 8.38. The van der Waals surface area contributed by atoms with Crippen LogP contribution in [0.4, 0.5) is 0 Å². The number of hydrogen-bond donors (Lipinski definition) is 1. The molecular formula is C11H14ClNO4S. The lowest BCUT2D eigenvalue weighted by molar-refractivity contribution is -0.142. The molecule has 0 aliphatic rings. The van der Waals surface area contributed by atoms with E-state index in [9.17, 15) is 13.8 Å². The van der Waals surface area contributed by atoms with Crippen LogP contribution in [0.3, 0.4) is 0 Å². The van der Waals surface area contributed by atoms with Crippen molar-refractivity contribution in [3.05, 3.63) is 17.0 Å². The van der Waals surface area contributed by atoms with E-state index < -0.39 is 22.0 Å². The van der Waals surface area contributed by atoms with Gasteiger partial charge in [0, 0.05) is 11.9 Å². The first kappa shape index (κ1) is 14.9. The second kappa shape index (κ2) is 6.15. The normalized spacial score (nSPS) is 12.2. The maximum absolute atomic E-state index is 11.6. The van der Waals surface area contributed by atoms with Gasteiger partial charge in [-0.25, -0.2) is 0 Å². The Bertz CT molecular complexity index is 509. The molecule has 0 fully saturated rings. The number of nitrogens with one attached hydrogen (secondary N) is 1. The van der Waals surface area contributed by atoms with Gasteiger partial charge in [-0.1, -0.05) is 0 Å². The molecule has 0 bridgehead atoms. The van der Waals surface area contributed by atoms with E-state index in [1.54, 1.807) is 13.8 Å². The van der Waals surface area contributed by atoms with Crippen molar-refractivity contribution in [3.63, 3.8) is 0 Å². The van der Waals surface area contributed by atoms with Gasteiger partial charge >= 0.3 is 5.97 Å². The number of carbonyl (C=O) groups excluding carboxylic acids is 2. The summed E-state index contributed by atoms with van der Waals surface area (Å²) in [6.07, 6.45) is 1.45. The highest BCUT2D eigenvalue weighted by molar-refractivity contribution is 7.84. The second-order valence-electron chi connectivity index (χ2n) is 3.64. The Morgan fingerprint density at radius 2 is 2.06 bits per heavy atom. The van der Waals surface area contributed by atoms with E-state index >= 15 is 0 Å². The van der Waals surface area contributed by atoms with Gasteiger partial charge < -0.3 is 9.72 Å². The zero-order valence-electron chi connectivity index (χ0n) is 10.3. The minimum absolute atomic E-state index is 0.00591. The van der Waals surface area contributed by atoms with E-state index in [2.05, 4.69) is 4.98 Å². The predicted molar refractivity (Wildman–Crippen MR) is 68.4 cm³/mol. The van der Waals surface area contributed by atoms with Gasteiger partial charge in [0.1, 0.15) is 5.69 Å². The molecule has 18 heavy (non-hydrogen) atoms. The van der Waals surface area contributed by atoms with E-state index in [-0.39, 0.29) is 18.7 Å². The molecule has 1 rings (SSSR count). The molecule has 0 aromatic carbocycles. The van der Waals surface area contributed by atoms with Crippen LogP contribution in [-0.4, -0.2) is 33.3 Å². The van der Waals surface area contributed by atoms with E-state index in [1.165, 1.54) is 6.26 Å². The van der Waals surface area contributed by atoms with E-state index in [0.717, 1.165) is 0 Å². The average molecular weight is 292 g/mol. The van der Waals surface area contributed by atoms with Crippen LogP contribution in [-0.2, 0) is 26.8 Å². The van der Waals surface area contributed by atoms with Crippen molar-refractivity contribution in [1.82, 2.24) is 4.98 Å². The molecule has 0 aliphatic heterocycles. The molecule has 1 N–H and O–H groups in total. The monoisotopic (exact) mass is 291 g/mol. The van der Waals surface area contributed by atoms with Crippen molar-refractivity contribution in [1.29, 1.82) is 0 Å². The minimum atomic E-state index is -1.36. The minimum Gasteiger partial charge on any atom is -0.466 e. The van der Waals surface area contributed by atoms with Crippen LogP contribution in [0.2, 0.25) is 0 Å². The Hall–Kier alpha value is -1.14. The van der Waals surface area contributed by atoms with Crippen molar-refractivity contribution < 1.29 is 18.5 Å². The summed E-state index contributed by atoms with van der Waals surface area (Å²) in [6, 6.07) is 0. The number of carbonyl (C=O) groups is 2. The number of rotatable bonds is 5. The standard InChI is InChI=1S/C11H14ClNO4S/c1-4-17-8(14)5-7-6(2)10(18(3)16)9(13-7)11(12)15/h13H,4-5H2,1-3H3. The fraction of sp³-hybridized carbons (Fsp3) is 0.455. The highest BCUT2D eigenvalue weighted by Gasteiger charge is 2.22. The van der Waals surface area contributed by atoms with Crippen LogP contribution < -0.4 is 0 Å². The third-order valence-corrected chi connectivity index (χ3v) is 3.68. The number of hydrogen-bond acceptors (Lipinski definition) is 4. The maximum Gasteiger partial charge on any atom is 0.311 e. The summed E-state index contributed by atoms with van der Waals surface area (Å²) in [5, 5.41) is -0.724. The molecule has 1 aromatic heterocycles. The predicted octanol–water partition coefficient (Wildman–Crippen LogP) is 1.55. The van der Waals surface area contributed by atoms with E-state index in [1.807, 2.05) is 0 Å². The largest absolute Gasteiger partial charge is 0.466 e. The summed E-state index contributed by atoms with van der Waals surface area (Å²) in [5.74, 6) is -0.413. The first-order valence-electron chi connectivity index (χ1n) is 5.28. The molecule has 1 unspecified atom stereocenters. The van der Waals surface area contributed by atoms with Gasteiger partial charge in [-0.2, -0.15) is 0 Å². The van der Waals surface area contributed by atoms with Gasteiger partial charge in [0.15, 0.2) is 0 Å². The van der Waals surface area contributed by atoms with Gasteiger partial charge in [0.25, 0.3) is 5.24 Å². The molecule has 0 amide bonds. The fourth-order valence-electron chi connectivity index (χ4n) is 1.66. The van der Waals surface area contributed by atoms with Crippen LogP contribution >= 0.6 is 11.6 Å². The summed E-state index contributed by atoms with van der Waals surface area (Å²) < 4.78 is 16.4. The summed E-state index contributed by atoms with van der Waals surface area (Å²) in [5.41, 5.74) is 1.19. The number of aromatic nitrogens is 1.